The van der Waals surface area contributed by atoms with E-state index in [1.807, 2.05) is 17.9 Å². The molecule has 1 aromatic heterocycles. The fraction of sp³-hybridized carbons (Fsp3) is 0.750. The van der Waals surface area contributed by atoms with Crippen molar-refractivity contribution in [3.05, 3.63) is 17.5 Å². The van der Waals surface area contributed by atoms with E-state index in [9.17, 15) is 4.79 Å². The van der Waals surface area contributed by atoms with Crippen LogP contribution in [0.5, 0.6) is 0 Å². The molecule has 1 atom stereocenters. The zero-order valence-corrected chi connectivity index (χ0v) is 13.8. The van der Waals surface area contributed by atoms with Crippen LogP contribution in [0.25, 0.3) is 0 Å². The number of piperidine rings is 1. The summed E-state index contributed by atoms with van der Waals surface area (Å²) in [7, 11) is 4.28. The SMILES string of the molecule is Cc1cc(C(=O)N2CCC3(CC2)C[C@@H](N(C)C)CCO3)n[nH]1. The molecule has 0 aliphatic carbocycles. The van der Waals surface area contributed by atoms with Gasteiger partial charge in [-0.3, -0.25) is 9.89 Å². The molecule has 2 aliphatic rings. The maximum atomic E-state index is 12.5. The maximum absolute atomic E-state index is 12.5. The first-order valence-electron chi connectivity index (χ1n) is 8.11. The quantitative estimate of drug-likeness (QED) is 0.898. The highest BCUT2D eigenvalue weighted by Crippen LogP contribution is 2.36. The summed E-state index contributed by atoms with van der Waals surface area (Å²) in [6.07, 6.45) is 4.02. The number of ether oxygens (including phenoxy) is 1. The molecule has 1 aromatic rings. The Morgan fingerprint density at radius 3 is 2.77 bits per heavy atom. The highest BCUT2D eigenvalue weighted by Gasteiger charge is 2.41. The Morgan fingerprint density at radius 2 is 2.18 bits per heavy atom. The van der Waals surface area contributed by atoms with Crippen LogP contribution in [0.15, 0.2) is 6.07 Å². The molecule has 0 aromatic carbocycles. The molecule has 0 unspecified atom stereocenters. The fourth-order valence-corrected chi connectivity index (χ4v) is 3.60. The van der Waals surface area contributed by atoms with Crippen molar-refractivity contribution in [3.8, 4) is 0 Å². The van der Waals surface area contributed by atoms with Crippen molar-refractivity contribution in [1.29, 1.82) is 0 Å². The van der Waals surface area contributed by atoms with Gasteiger partial charge < -0.3 is 14.5 Å². The Labute approximate surface area is 131 Å². The molecule has 22 heavy (non-hydrogen) atoms. The summed E-state index contributed by atoms with van der Waals surface area (Å²) < 4.78 is 6.14. The van der Waals surface area contributed by atoms with Crippen LogP contribution in [0, 0.1) is 6.92 Å². The van der Waals surface area contributed by atoms with Gasteiger partial charge in [-0.25, -0.2) is 0 Å². The van der Waals surface area contributed by atoms with Gasteiger partial charge in [-0.05, 0) is 52.8 Å². The van der Waals surface area contributed by atoms with Crippen LogP contribution in [-0.2, 0) is 4.74 Å². The number of amides is 1. The number of rotatable bonds is 2. The second kappa shape index (κ2) is 6.01. The summed E-state index contributed by atoms with van der Waals surface area (Å²) in [5, 5.41) is 6.91. The zero-order chi connectivity index (χ0) is 15.7. The molecular formula is C16H26N4O2. The van der Waals surface area contributed by atoms with E-state index < -0.39 is 0 Å². The first-order chi connectivity index (χ1) is 10.5. The predicted molar refractivity (Wildman–Crippen MR) is 83.9 cm³/mol. The summed E-state index contributed by atoms with van der Waals surface area (Å²) in [6.45, 7) is 4.25. The molecule has 1 amide bonds. The lowest BCUT2D eigenvalue weighted by atomic mass is 9.82. The van der Waals surface area contributed by atoms with Gasteiger partial charge in [0.2, 0.25) is 0 Å². The highest BCUT2D eigenvalue weighted by molar-refractivity contribution is 5.92. The van der Waals surface area contributed by atoms with Gasteiger partial charge in [-0.15, -0.1) is 0 Å². The number of aromatic nitrogens is 2. The second-order valence-electron chi connectivity index (χ2n) is 6.87. The monoisotopic (exact) mass is 306 g/mol. The predicted octanol–water partition coefficient (Wildman–Crippen LogP) is 1.43. The number of carbonyl (C=O) groups excluding carboxylic acids is 1. The minimum Gasteiger partial charge on any atom is -0.375 e. The number of nitrogens with zero attached hydrogens (tertiary/aromatic N) is 3. The van der Waals surface area contributed by atoms with Crippen LogP contribution < -0.4 is 0 Å². The molecule has 2 fully saturated rings. The number of hydrogen-bond acceptors (Lipinski definition) is 4. The third kappa shape index (κ3) is 3.03. The number of hydrogen-bond donors (Lipinski definition) is 1. The Hall–Kier alpha value is -1.40. The summed E-state index contributed by atoms with van der Waals surface area (Å²) in [5.74, 6) is 0.0270. The zero-order valence-electron chi connectivity index (χ0n) is 13.8. The van der Waals surface area contributed by atoms with Crippen LogP contribution in [0.1, 0.15) is 41.9 Å². The Bertz CT molecular complexity index is 532. The lowest BCUT2D eigenvalue weighted by Gasteiger charge is -2.47. The molecule has 3 heterocycles. The van der Waals surface area contributed by atoms with E-state index in [0.29, 0.717) is 11.7 Å². The Balaban J connectivity index is 1.61. The van der Waals surface area contributed by atoms with Crippen LogP contribution in [0.2, 0.25) is 0 Å². The van der Waals surface area contributed by atoms with E-state index in [1.165, 1.54) is 0 Å². The first kappa shape index (κ1) is 15.5. The third-order valence-corrected chi connectivity index (χ3v) is 5.08. The van der Waals surface area contributed by atoms with Gasteiger partial charge in [-0.1, -0.05) is 0 Å². The topological polar surface area (TPSA) is 61.5 Å². The number of H-pyrrole nitrogens is 1. The smallest absolute Gasteiger partial charge is 0.274 e. The van der Waals surface area contributed by atoms with Crippen LogP contribution in [0.3, 0.4) is 0 Å². The highest BCUT2D eigenvalue weighted by atomic mass is 16.5. The van der Waals surface area contributed by atoms with E-state index in [2.05, 4.69) is 29.2 Å². The van der Waals surface area contributed by atoms with Gasteiger partial charge in [-0.2, -0.15) is 5.10 Å². The molecule has 3 rings (SSSR count). The van der Waals surface area contributed by atoms with E-state index in [4.69, 9.17) is 4.74 Å². The van der Waals surface area contributed by atoms with Crippen molar-refractivity contribution in [3.63, 3.8) is 0 Å². The van der Waals surface area contributed by atoms with Crippen LogP contribution in [-0.4, -0.2) is 71.3 Å². The Morgan fingerprint density at radius 1 is 1.45 bits per heavy atom. The second-order valence-corrected chi connectivity index (χ2v) is 6.87. The van der Waals surface area contributed by atoms with Crippen molar-refractivity contribution >= 4 is 5.91 Å². The molecular weight excluding hydrogens is 280 g/mol. The third-order valence-electron chi connectivity index (χ3n) is 5.08. The molecule has 122 valence electrons. The Kier molecular flexibility index (Phi) is 4.23. The number of aromatic amines is 1. The average Bonchev–Trinajstić information content (AvgIpc) is 2.94. The molecule has 0 radical (unpaired) electrons. The van der Waals surface area contributed by atoms with Crippen molar-refractivity contribution in [2.24, 2.45) is 0 Å². The van der Waals surface area contributed by atoms with Crippen molar-refractivity contribution in [1.82, 2.24) is 20.0 Å². The van der Waals surface area contributed by atoms with E-state index in [-0.39, 0.29) is 11.5 Å². The minimum absolute atomic E-state index is 0.0270. The summed E-state index contributed by atoms with van der Waals surface area (Å²) >= 11 is 0. The van der Waals surface area contributed by atoms with Gasteiger partial charge in [0, 0.05) is 31.4 Å². The van der Waals surface area contributed by atoms with Gasteiger partial charge in [0.1, 0.15) is 5.69 Å². The fourth-order valence-electron chi connectivity index (χ4n) is 3.60. The van der Waals surface area contributed by atoms with Crippen molar-refractivity contribution < 1.29 is 9.53 Å². The lowest BCUT2D eigenvalue weighted by Crippen LogP contribution is -2.53. The summed E-state index contributed by atoms with van der Waals surface area (Å²) in [4.78, 5) is 16.7. The van der Waals surface area contributed by atoms with Crippen molar-refractivity contribution in [2.45, 2.75) is 44.2 Å². The van der Waals surface area contributed by atoms with E-state index in [1.54, 1.807) is 0 Å². The molecule has 1 spiro atoms. The minimum atomic E-state index is -0.0363. The molecule has 6 nitrogen and oxygen atoms in total. The van der Waals surface area contributed by atoms with E-state index >= 15 is 0 Å². The van der Waals surface area contributed by atoms with Gasteiger partial charge in [0.05, 0.1) is 5.60 Å². The van der Waals surface area contributed by atoms with Gasteiger partial charge >= 0.3 is 0 Å². The summed E-state index contributed by atoms with van der Waals surface area (Å²) in [5.41, 5.74) is 1.40. The molecule has 0 saturated carbocycles. The van der Waals surface area contributed by atoms with Crippen molar-refractivity contribution in [2.75, 3.05) is 33.8 Å². The molecule has 1 N–H and O–H groups in total. The maximum Gasteiger partial charge on any atom is 0.274 e. The normalized spacial score (nSPS) is 24.9. The molecule has 6 heteroatoms. The lowest BCUT2D eigenvalue weighted by molar-refractivity contribution is -0.125. The largest absolute Gasteiger partial charge is 0.375 e. The average molecular weight is 306 g/mol. The first-order valence-corrected chi connectivity index (χ1v) is 8.11. The summed E-state index contributed by atoms with van der Waals surface area (Å²) in [6, 6.07) is 2.40. The number of carbonyl (C=O) groups is 1. The molecule has 2 saturated heterocycles. The van der Waals surface area contributed by atoms with Gasteiger partial charge in [0.25, 0.3) is 5.91 Å². The number of nitrogens with one attached hydrogen (secondary N) is 1. The molecule has 0 bridgehead atoms. The number of aryl methyl sites for hydroxylation is 1. The molecule has 2 aliphatic heterocycles. The number of likely N-dealkylation sites (tertiary alicyclic amines) is 1. The standard InChI is InChI=1S/C16H26N4O2/c1-12-10-14(18-17-12)15(21)20-7-5-16(6-8-20)11-13(19(2)3)4-9-22-16/h10,13H,4-9,11H2,1-3H3,(H,17,18)/t13-/m0/s1. The van der Waals surface area contributed by atoms with E-state index in [0.717, 1.165) is 51.1 Å². The van der Waals surface area contributed by atoms with Crippen LogP contribution >= 0.6 is 0 Å². The van der Waals surface area contributed by atoms with Gasteiger partial charge in [0.15, 0.2) is 0 Å². The van der Waals surface area contributed by atoms with Crippen LogP contribution in [0.4, 0.5) is 0 Å².